The Kier molecular flexibility index (Phi) is 5.58. The monoisotopic (exact) mass is 368 g/mol. The third-order valence-corrected chi connectivity index (χ3v) is 4.74. The molecule has 0 aliphatic heterocycles. The number of nitrogens with one attached hydrogen (secondary N) is 2. The van der Waals surface area contributed by atoms with Gasteiger partial charge in [-0.2, -0.15) is 4.98 Å². The Bertz CT molecular complexity index is 612. The summed E-state index contributed by atoms with van der Waals surface area (Å²) in [5, 5.41) is 6.68. The van der Waals surface area contributed by atoms with Crippen LogP contribution in [0.2, 0.25) is 0 Å². The second-order valence-electron chi connectivity index (χ2n) is 5.05. The summed E-state index contributed by atoms with van der Waals surface area (Å²) in [5.74, 6) is 1.48. The van der Waals surface area contributed by atoms with E-state index in [0.29, 0.717) is 5.95 Å². The molecular weight excluding hydrogens is 348 g/mol. The molecule has 2 aromatic heterocycles. The van der Waals surface area contributed by atoms with Crippen molar-refractivity contribution in [2.75, 3.05) is 17.2 Å². The minimum absolute atomic E-state index is 0.208. The first kappa shape index (κ1) is 16.2. The lowest BCUT2D eigenvalue weighted by Gasteiger charge is -2.16. The van der Waals surface area contributed by atoms with Gasteiger partial charge in [0.2, 0.25) is 5.95 Å². The first-order valence-electron chi connectivity index (χ1n) is 7.11. The van der Waals surface area contributed by atoms with E-state index in [9.17, 15) is 0 Å². The van der Waals surface area contributed by atoms with Gasteiger partial charge in [0.25, 0.3) is 0 Å². The maximum absolute atomic E-state index is 4.53. The van der Waals surface area contributed by atoms with Gasteiger partial charge in [0.15, 0.2) is 0 Å². The maximum atomic E-state index is 4.53. The lowest BCUT2D eigenvalue weighted by molar-refractivity contribution is 0.865. The average molecular weight is 369 g/mol. The third-order valence-electron chi connectivity index (χ3n) is 3.18. The molecule has 1 atom stereocenters. The number of aryl methyl sites for hydroxylation is 2. The molecule has 6 heteroatoms. The molecule has 0 aliphatic rings. The van der Waals surface area contributed by atoms with E-state index in [1.807, 2.05) is 11.3 Å². The number of anilines is 2. The van der Waals surface area contributed by atoms with E-state index in [1.165, 1.54) is 15.3 Å². The summed E-state index contributed by atoms with van der Waals surface area (Å²) >= 11 is 5.34. The molecule has 0 aliphatic carbocycles. The van der Waals surface area contributed by atoms with E-state index in [-0.39, 0.29) is 6.04 Å². The highest BCUT2D eigenvalue weighted by molar-refractivity contribution is 9.10. The van der Waals surface area contributed by atoms with Gasteiger partial charge in [-0.3, -0.25) is 0 Å². The lowest BCUT2D eigenvalue weighted by atomic mass is 10.1. The van der Waals surface area contributed by atoms with Crippen LogP contribution in [-0.2, 0) is 0 Å². The Balaban J connectivity index is 2.16. The van der Waals surface area contributed by atoms with Crippen LogP contribution in [-0.4, -0.2) is 16.5 Å². The molecule has 0 bridgehead atoms. The summed E-state index contributed by atoms with van der Waals surface area (Å²) in [7, 11) is 0. The van der Waals surface area contributed by atoms with Crippen molar-refractivity contribution in [1.82, 2.24) is 9.97 Å². The van der Waals surface area contributed by atoms with Crippen LogP contribution in [0.5, 0.6) is 0 Å². The van der Waals surface area contributed by atoms with Crippen LogP contribution in [0.15, 0.2) is 16.7 Å². The number of nitrogens with zero attached hydrogens (tertiary/aromatic N) is 2. The Labute approximate surface area is 138 Å². The minimum atomic E-state index is 0.208. The molecule has 2 heterocycles. The van der Waals surface area contributed by atoms with E-state index in [1.54, 1.807) is 6.20 Å². The molecule has 0 radical (unpaired) electrons. The normalized spacial score (nSPS) is 12.2. The van der Waals surface area contributed by atoms with Gasteiger partial charge >= 0.3 is 0 Å². The molecule has 0 fully saturated rings. The highest BCUT2D eigenvalue weighted by atomic mass is 79.9. The third kappa shape index (κ3) is 4.17. The minimum Gasteiger partial charge on any atom is -0.362 e. The number of hydrogen-bond donors (Lipinski definition) is 2. The summed E-state index contributed by atoms with van der Waals surface area (Å²) < 4.78 is 0.876. The SMILES string of the molecule is CCCNc1ncc(Br)c(NC(C)c2cc(C)sc2C)n1. The van der Waals surface area contributed by atoms with Gasteiger partial charge < -0.3 is 10.6 Å². The van der Waals surface area contributed by atoms with Gasteiger partial charge in [-0.1, -0.05) is 6.92 Å². The van der Waals surface area contributed by atoms with Crippen molar-refractivity contribution in [3.8, 4) is 0 Å². The number of hydrogen-bond acceptors (Lipinski definition) is 5. The van der Waals surface area contributed by atoms with E-state index < -0.39 is 0 Å². The van der Waals surface area contributed by atoms with Crippen molar-refractivity contribution >= 4 is 39.0 Å². The summed E-state index contributed by atoms with van der Waals surface area (Å²) in [6, 6.07) is 2.45. The second-order valence-corrected chi connectivity index (χ2v) is 7.37. The lowest BCUT2D eigenvalue weighted by Crippen LogP contribution is -2.11. The van der Waals surface area contributed by atoms with Crippen LogP contribution < -0.4 is 10.6 Å². The van der Waals surface area contributed by atoms with Gasteiger partial charge in [-0.25, -0.2) is 4.98 Å². The largest absolute Gasteiger partial charge is 0.362 e. The molecule has 0 spiro atoms. The van der Waals surface area contributed by atoms with Crippen molar-refractivity contribution in [1.29, 1.82) is 0 Å². The predicted molar refractivity (Wildman–Crippen MR) is 94.3 cm³/mol. The topological polar surface area (TPSA) is 49.8 Å². The van der Waals surface area contributed by atoms with Crippen LogP contribution >= 0.6 is 27.3 Å². The van der Waals surface area contributed by atoms with E-state index >= 15 is 0 Å². The Morgan fingerprint density at radius 3 is 2.76 bits per heavy atom. The van der Waals surface area contributed by atoms with Crippen LogP contribution in [0.25, 0.3) is 0 Å². The molecule has 0 amide bonds. The number of halogens is 1. The summed E-state index contributed by atoms with van der Waals surface area (Å²) in [5.41, 5.74) is 1.33. The van der Waals surface area contributed by atoms with Crippen molar-refractivity contribution in [2.45, 2.75) is 40.2 Å². The van der Waals surface area contributed by atoms with Crippen molar-refractivity contribution in [2.24, 2.45) is 0 Å². The van der Waals surface area contributed by atoms with Gasteiger partial charge in [0, 0.05) is 22.5 Å². The number of aromatic nitrogens is 2. The zero-order valence-electron chi connectivity index (χ0n) is 12.8. The van der Waals surface area contributed by atoms with Gasteiger partial charge in [0.1, 0.15) is 5.82 Å². The van der Waals surface area contributed by atoms with E-state index in [2.05, 4.69) is 70.3 Å². The smallest absolute Gasteiger partial charge is 0.224 e. The first-order valence-corrected chi connectivity index (χ1v) is 8.72. The van der Waals surface area contributed by atoms with Crippen LogP contribution in [0.1, 0.15) is 41.6 Å². The maximum Gasteiger partial charge on any atom is 0.224 e. The fourth-order valence-corrected chi connectivity index (χ4v) is 3.48. The van der Waals surface area contributed by atoms with Crippen molar-refractivity contribution < 1.29 is 0 Å². The molecule has 2 aromatic rings. The quantitative estimate of drug-likeness (QED) is 0.759. The molecule has 2 rings (SSSR count). The van der Waals surface area contributed by atoms with Gasteiger partial charge in [-0.05, 0) is 54.8 Å². The Hall–Kier alpha value is -1.14. The molecule has 0 saturated carbocycles. The fraction of sp³-hybridized carbons (Fsp3) is 0.467. The molecule has 4 nitrogen and oxygen atoms in total. The fourth-order valence-electron chi connectivity index (χ4n) is 2.15. The number of rotatable bonds is 6. The molecule has 2 N–H and O–H groups in total. The zero-order valence-corrected chi connectivity index (χ0v) is 15.2. The van der Waals surface area contributed by atoms with Gasteiger partial charge in [0.05, 0.1) is 10.5 Å². The summed E-state index contributed by atoms with van der Waals surface area (Å²) in [6.45, 7) is 9.45. The second kappa shape index (κ2) is 7.22. The molecule has 21 heavy (non-hydrogen) atoms. The summed E-state index contributed by atoms with van der Waals surface area (Å²) in [6.07, 6.45) is 2.83. The highest BCUT2D eigenvalue weighted by Crippen LogP contribution is 2.30. The zero-order chi connectivity index (χ0) is 15.4. The van der Waals surface area contributed by atoms with E-state index in [0.717, 1.165) is 23.3 Å². The Morgan fingerprint density at radius 1 is 1.38 bits per heavy atom. The van der Waals surface area contributed by atoms with Crippen LogP contribution in [0, 0.1) is 13.8 Å². The van der Waals surface area contributed by atoms with Crippen LogP contribution in [0.3, 0.4) is 0 Å². The predicted octanol–water partition coefficient (Wildman–Crippen LogP) is 4.91. The molecule has 0 saturated heterocycles. The molecule has 114 valence electrons. The molecular formula is C15H21BrN4S. The first-order chi connectivity index (χ1) is 10.0. The Morgan fingerprint density at radius 2 is 2.14 bits per heavy atom. The number of thiophene rings is 1. The average Bonchev–Trinajstić information content (AvgIpc) is 2.78. The van der Waals surface area contributed by atoms with Crippen molar-refractivity contribution in [3.63, 3.8) is 0 Å². The summed E-state index contributed by atoms with van der Waals surface area (Å²) in [4.78, 5) is 11.5. The van der Waals surface area contributed by atoms with Gasteiger partial charge in [-0.15, -0.1) is 11.3 Å². The highest BCUT2D eigenvalue weighted by Gasteiger charge is 2.14. The van der Waals surface area contributed by atoms with Crippen molar-refractivity contribution in [3.05, 3.63) is 32.1 Å². The molecule has 1 unspecified atom stereocenters. The molecule has 0 aromatic carbocycles. The standard InChI is InChI=1S/C15H21BrN4S/c1-5-6-17-15-18-8-13(16)14(20-15)19-10(3)12-7-9(2)21-11(12)4/h7-8,10H,5-6H2,1-4H3,(H2,17,18,19,20). The van der Waals surface area contributed by atoms with Crippen LogP contribution in [0.4, 0.5) is 11.8 Å². The van der Waals surface area contributed by atoms with E-state index in [4.69, 9.17) is 0 Å².